The highest BCUT2D eigenvalue weighted by molar-refractivity contribution is 5.85. The highest BCUT2D eigenvalue weighted by Crippen LogP contribution is 2.20. The van der Waals surface area contributed by atoms with Crippen molar-refractivity contribution in [3.63, 3.8) is 0 Å². The Labute approximate surface area is 94.1 Å². The predicted octanol–water partition coefficient (Wildman–Crippen LogP) is 3.50. The van der Waals surface area contributed by atoms with Crippen LogP contribution in [0.25, 0.3) is 11.1 Å². The van der Waals surface area contributed by atoms with Crippen LogP contribution in [0.15, 0.2) is 48.5 Å². The van der Waals surface area contributed by atoms with E-state index in [2.05, 4.69) is 0 Å². The van der Waals surface area contributed by atoms with Gasteiger partial charge >= 0.3 is 0 Å². The minimum Gasteiger partial charge on any atom is -0.399 e. The molecule has 0 aliphatic rings. The molecule has 1 nitrogen and oxygen atoms in total. The van der Waals surface area contributed by atoms with E-state index in [1.807, 2.05) is 18.2 Å². The lowest BCUT2D eigenvalue weighted by molar-refractivity contribution is 0.628. The van der Waals surface area contributed by atoms with Crippen LogP contribution in [0, 0.1) is 5.82 Å². The van der Waals surface area contributed by atoms with Gasteiger partial charge in [-0.05, 0) is 35.4 Å². The molecule has 2 rings (SSSR count). The molecule has 0 radical (unpaired) electrons. The summed E-state index contributed by atoms with van der Waals surface area (Å²) in [7, 11) is 0. The van der Waals surface area contributed by atoms with Gasteiger partial charge in [-0.25, -0.2) is 4.39 Å². The summed E-state index contributed by atoms with van der Waals surface area (Å²) in [5.74, 6) is -0.223. The van der Waals surface area contributed by atoms with Crippen LogP contribution < -0.4 is 5.73 Å². The van der Waals surface area contributed by atoms with Crippen LogP contribution in [-0.4, -0.2) is 0 Å². The first-order chi connectivity index (χ1) is 6.75. The van der Waals surface area contributed by atoms with Gasteiger partial charge in [0, 0.05) is 5.69 Å². The topological polar surface area (TPSA) is 26.0 Å². The second kappa shape index (κ2) is 4.80. The van der Waals surface area contributed by atoms with Crippen molar-refractivity contribution in [1.29, 1.82) is 0 Å². The Bertz CT molecular complexity index is 440. The van der Waals surface area contributed by atoms with E-state index in [0.29, 0.717) is 5.69 Å². The molecule has 0 aliphatic carbocycles. The Morgan fingerprint density at radius 3 is 2.13 bits per heavy atom. The Balaban J connectivity index is 0.00000112. The molecule has 0 saturated carbocycles. The molecule has 78 valence electrons. The maximum atomic E-state index is 12.9. The summed E-state index contributed by atoms with van der Waals surface area (Å²) in [4.78, 5) is 0. The summed E-state index contributed by atoms with van der Waals surface area (Å²) in [6, 6.07) is 13.9. The van der Waals surface area contributed by atoms with Gasteiger partial charge in [0.25, 0.3) is 0 Å². The average Bonchev–Trinajstić information content (AvgIpc) is 2.19. The molecule has 0 unspecified atom stereocenters. The van der Waals surface area contributed by atoms with Gasteiger partial charge < -0.3 is 5.73 Å². The lowest BCUT2D eigenvalue weighted by Gasteiger charge is -2.01. The lowest BCUT2D eigenvalue weighted by atomic mass is 10.1. The van der Waals surface area contributed by atoms with E-state index < -0.39 is 0 Å². The largest absolute Gasteiger partial charge is 0.399 e. The van der Waals surface area contributed by atoms with Crippen molar-refractivity contribution in [2.75, 3.05) is 5.73 Å². The predicted molar refractivity (Wildman–Crippen MR) is 63.5 cm³/mol. The SMILES string of the molecule is Cl.Nc1ccc(-c2cccc(F)c2)cc1. The van der Waals surface area contributed by atoms with E-state index in [-0.39, 0.29) is 18.2 Å². The third-order valence-corrected chi connectivity index (χ3v) is 2.07. The normalized spacial score (nSPS) is 9.40. The molecule has 3 heteroatoms. The summed E-state index contributed by atoms with van der Waals surface area (Å²) >= 11 is 0. The molecular formula is C12H11ClFN. The first-order valence-electron chi connectivity index (χ1n) is 4.37. The molecule has 0 spiro atoms. The summed E-state index contributed by atoms with van der Waals surface area (Å²) < 4.78 is 12.9. The molecule has 0 atom stereocenters. The Morgan fingerprint density at radius 2 is 1.53 bits per heavy atom. The van der Waals surface area contributed by atoms with Gasteiger partial charge in [-0.2, -0.15) is 0 Å². The first-order valence-corrected chi connectivity index (χ1v) is 4.37. The fourth-order valence-electron chi connectivity index (χ4n) is 1.34. The number of rotatable bonds is 1. The summed E-state index contributed by atoms with van der Waals surface area (Å²) in [6.07, 6.45) is 0. The van der Waals surface area contributed by atoms with Crippen molar-refractivity contribution >= 4 is 18.1 Å². The first kappa shape index (κ1) is 11.5. The summed E-state index contributed by atoms with van der Waals surface area (Å²) in [6.45, 7) is 0. The molecular weight excluding hydrogens is 213 g/mol. The zero-order valence-electron chi connectivity index (χ0n) is 7.98. The van der Waals surface area contributed by atoms with Crippen LogP contribution in [0.1, 0.15) is 0 Å². The van der Waals surface area contributed by atoms with E-state index >= 15 is 0 Å². The lowest BCUT2D eigenvalue weighted by Crippen LogP contribution is -1.84. The minimum absolute atomic E-state index is 0. The molecule has 0 amide bonds. The summed E-state index contributed by atoms with van der Waals surface area (Å²) in [5, 5.41) is 0. The van der Waals surface area contributed by atoms with Crippen molar-refractivity contribution in [3.8, 4) is 11.1 Å². The number of halogens is 2. The zero-order valence-corrected chi connectivity index (χ0v) is 8.80. The Kier molecular flexibility index (Phi) is 3.69. The highest BCUT2D eigenvalue weighted by Gasteiger charge is 1.97. The van der Waals surface area contributed by atoms with Crippen LogP contribution in [0.4, 0.5) is 10.1 Å². The van der Waals surface area contributed by atoms with Crippen molar-refractivity contribution in [2.24, 2.45) is 0 Å². The second-order valence-electron chi connectivity index (χ2n) is 3.13. The third kappa shape index (κ3) is 2.70. The van der Waals surface area contributed by atoms with Crippen molar-refractivity contribution < 1.29 is 4.39 Å². The quantitative estimate of drug-likeness (QED) is 0.736. The Morgan fingerprint density at radius 1 is 0.867 bits per heavy atom. The van der Waals surface area contributed by atoms with Gasteiger partial charge in [-0.3, -0.25) is 0 Å². The monoisotopic (exact) mass is 223 g/mol. The van der Waals surface area contributed by atoms with E-state index in [1.165, 1.54) is 12.1 Å². The van der Waals surface area contributed by atoms with Crippen LogP contribution in [-0.2, 0) is 0 Å². The average molecular weight is 224 g/mol. The molecule has 2 N–H and O–H groups in total. The number of anilines is 1. The molecule has 0 aromatic heterocycles. The number of nitrogens with two attached hydrogens (primary N) is 1. The van der Waals surface area contributed by atoms with Gasteiger partial charge in [-0.1, -0.05) is 24.3 Å². The molecule has 2 aromatic carbocycles. The standard InChI is InChI=1S/C12H10FN.ClH/c13-11-3-1-2-10(8-11)9-4-6-12(14)7-5-9;/h1-8H,14H2;1H. The van der Waals surface area contributed by atoms with E-state index in [4.69, 9.17) is 5.73 Å². The van der Waals surface area contributed by atoms with Gasteiger partial charge in [0.2, 0.25) is 0 Å². The van der Waals surface area contributed by atoms with Crippen LogP contribution >= 0.6 is 12.4 Å². The Hall–Kier alpha value is -1.54. The third-order valence-electron chi connectivity index (χ3n) is 2.07. The fourth-order valence-corrected chi connectivity index (χ4v) is 1.34. The number of hydrogen-bond acceptors (Lipinski definition) is 1. The van der Waals surface area contributed by atoms with Gasteiger partial charge in [0.15, 0.2) is 0 Å². The van der Waals surface area contributed by atoms with E-state index in [0.717, 1.165) is 11.1 Å². The van der Waals surface area contributed by atoms with E-state index in [1.54, 1.807) is 18.2 Å². The zero-order chi connectivity index (χ0) is 9.97. The van der Waals surface area contributed by atoms with Gasteiger partial charge in [-0.15, -0.1) is 12.4 Å². The van der Waals surface area contributed by atoms with Crippen molar-refractivity contribution in [1.82, 2.24) is 0 Å². The molecule has 0 saturated heterocycles. The van der Waals surface area contributed by atoms with Gasteiger partial charge in [0.1, 0.15) is 5.82 Å². The van der Waals surface area contributed by atoms with Crippen LogP contribution in [0.2, 0.25) is 0 Å². The van der Waals surface area contributed by atoms with Crippen LogP contribution in [0.5, 0.6) is 0 Å². The molecule has 0 heterocycles. The van der Waals surface area contributed by atoms with Gasteiger partial charge in [0.05, 0.1) is 0 Å². The molecule has 15 heavy (non-hydrogen) atoms. The highest BCUT2D eigenvalue weighted by atomic mass is 35.5. The van der Waals surface area contributed by atoms with Crippen molar-refractivity contribution in [3.05, 3.63) is 54.3 Å². The molecule has 0 aliphatic heterocycles. The smallest absolute Gasteiger partial charge is 0.123 e. The van der Waals surface area contributed by atoms with Crippen molar-refractivity contribution in [2.45, 2.75) is 0 Å². The number of benzene rings is 2. The minimum atomic E-state index is -0.223. The van der Waals surface area contributed by atoms with Crippen LogP contribution in [0.3, 0.4) is 0 Å². The molecule has 2 aromatic rings. The number of hydrogen-bond donors (Lipinski definition) is 1. The maximum Gasteiger partial charge on any atom is 0.123 e. The second-order valence-corrected chi connectivity index (χ2v) is 3.13. The fraction of sp³-hybridized carbons (Fsp3) is 0. The molecule has 0 fully saturated rings. The molecule has 0 bridgehead atoms. The van der Waals surface area contributed by atoms with E-state index in [9.17, 15) is 4.39 Å². The summed E-state index contributed by atoms with van der Waals surface area (Å²) in [5.41, 5.74) is 8.11. The number of nitrogen functional groups attached to an aromatic ring is 1. The maximum absolute atomic E-state index is 12.9.